The van der Waals surface area contributed by atoms with Gasteiger partial charge in [0.25, 0.3) is 0 Å². The number of benzene rings is 2. The number of hydrogen-bond donors (Lipinski definition) is 1. The Kier molecular flexibility index (Phi) is 4.58. The van der Waals surface area contributed by atoms with E-state index in [0.29, 0.717) is 18.6 Å². The molecule has 5 heteroatoms. The Morgan fingerprint density at radius 2 is 1.79 bits per heavy atom. The van der Waals surface area contributed by atoms with Crippen LogP contribution in [0.2, 0.25) is 0 Å². The van der Waals surface area contributed by atoms with Gasteiger partial charge in [-0.3, -0.25) is 0 Å². The minimum Gasteiger partial charge on any atom is -0.492 e. The summed E-state index contributed by atoms with van der Waals surface area (Å²) in [5, 5.41) is 3.65. The maximum Gasteiger partial charge on any atom is 0.231 e. The number of nitrogens with one attached hydrogen (secondary N) is 1. The SMILES string of the molecule is CC(C)C(C)NCCCN1CC2(COc3cc4c(cc32)OCO4)c2ccccc21. The zero-order valence-corrected chi connectivity index (χ0v) is 17.5. The summed E-state index contributed by atoms with van der Waals surface area (Å²) in [6.45, 7) is 10.8. The zero-order chi connectivity index (χ0) is 20.0. The molecule has 2 atom stereocenters. The van der Waals surface area contributed by atoms with Crippen LogP contribution in [0.1, 0.15) is 38.3 Å². The van der Waals surface area contributed by atoms with Crippen molar-refractivity contribution in [2.24, 2.45) is 5.92 Å². The normalized spacial score (nSPS) is 22.1. The summed E-state index contributed by atoms with van der Waals surface area (Å²) in [6.07, 6.45) is 1.12. The highest BCUT2D eigenvalue weighted by Gasteiger charge is 2.50. The van der Waals surface area contributed by atoms with Gasteiger partial charge in [0, 0.05) is 36.4 Å². The first-order chi connectivity index (χ1) is 14.1. The van der Waals surface area contributed by atoms with Gasteiger partial charge in [-0.1, -0.05) is 32.0 Å². The number of fused-ring (bicyclic) bond motifs is 5. The van der Waals surface area contributed by atoms with Gasteiger partial charge in [0.15, 0.2) is 11.5 Å². The number of para-hydroxylation sites is 1. The maximum absolute atomic E-state index is 6.18. The van der Waals surface area contributed by atoms with Crippen LogP contribution in [0.3, 0.4) is 0 Å². The van der Waals surface area contributed by atoms with Gasteiger partial charge in [-0.05, 0) is 43.5 Å². The standard InChI is InChI=1S/C24H30N2O3/c1-16(2)17(3)25-9-6-10-26-13-24(18-7-4-5-8-20(18)26)14-27-21-12-23-22(11-19(21)24)28-15-29-23/h4-5,7-8,11-12,16-17,25H,6,9-10,13-15H2,1-3H3. The van der Waals surface area contributed by atoms with Gasteiger partial charge >= 0.3 is 0 Å². The zero-order valence-electron chi connectivity index (χ0n) is 17.5. The van der Waals surface area contributed by atoms with Crippen molar-refractivity contribution < 1.29 is 14.2 Å². The summed E-state index contributed by atoms with van der Waals surface area (Å²) in [4.78, 5) is 2.53. The van der Waals surface area contributed by atoms with E-state index in [4.69, 9.17) is 14.2 Å². The first-order valence-electron chi connectivity index (χ1n) is 10.7. The highest BCUT2D eigenvalue weighted by atomic mass is 16.7. The van der Waals surface area contributed by atoms with Crippen molar-refractivity contribution in [3.63, 3.8) is 0 Å². The van der Waals surface area contributed by atoms with Crippen molar-refractivity contribution in [2.45, 2.75) is 38.6 Å². The predicted octanol–water partition coefficient (Wildman–Crippen LogP) is 3.94. The second kappa shape index (κ2) is 7.13. The third-order valence-electron chi connectivity index (χ3n) is 6.76. The van der Waals surface area contributed by atoms with Crippen LogP contribution in [-0.4, -0.2) is 39.1 Å². The van der Waals surface area contributed by atoms with Gasteiger partial charge in [0.1, 0.15) is 12.4 Å². The molecule has 0 bridgehead atoms. The number of anilines is 1. The topological polar surface area (TPSA) is 43.0 Å². The first-order valence-corrected chi connectivity index (χ1v) is 10.7. The van der Waals surface area contributed by atoms with Crippen LogP contribution in [-0.2, 0) is 5.41 Å². The molecule has 1 spiro atoms. The molecule has 2 aromatic carbocycles. The fourth-order valence-corrected chi connectivity index (χ4v) is 4.73. The molecule has 0 radical (unpaired) electrons. The van der Waals surface area contributed by atoms with Crippen molar-refractivity contribution in [1.29, 1.82) is 0 Å². The van der Waals surface area contributed by atoms with E-state index in [1.54, 1.807) is 0 Å². The quantitative estimate of drug-likeness (QED) is 0.752. The molecule has 0 aliphatic carbocycles. The molecule has 3 aliphatic rings. The lowest BCUT2D eigenvalue weighted by Gasteiger charge is -2.25. The van der Waals surface area contributed by atoms with Crippen molar-refractivity contribution in [2.75, 3.05) is 37.9 Å². The van der Waals surface area contributed by atoms with Crippen LogP contribution in [0.25, 0.3) is 0 Å². The lowest BCUT2D eigenvalue weighted by molar-refractivity contribution is 0.173. The van der Waals surface area contributed by atoms with E-state index >= 15 is 0 Å². The molecule has 3 heterocycles. The van der Waals surface area contributed by atoms with Crippen LogP contribution in [0.15, 0.2) is 36.4 Å². The maximum atomic E-state index is 6.18. The molecule has 1 N–H and O–H groups in total. The highest BCUT2D eigenvalue weighted by molar-refractivity contribution is 5.70. The third-order valence-corrected chi connectivity index (χ3v) is 6.76. The molecule has 0 saturated carbocycles. The lowest BCUT2D eigenvalue weighted by Crippen LogP contribution is -2.38. The average molecular weight is 395 g/mol. The lowest BCUT2D eigenvalue weighted by atomic mass is 9.77. The van der Waals surface area contributed by atoms with Crippen molar-refractivity contribution in [1.82, 2.24) is 5.32 Å². The van der Waals surface area contributed by atoms with E-state index < -0.39 is 0 Å². The van der Waals surface area contributed by atoms with E-state index in [0.717, 1.165) is 43.3 Å². The van der Waals surface area contributed by atoms with Gasteiger partial charge in [0.2, 0.25) is 6.79 Å². The van der Waals surface area contributed by atoms with Gasteiger partial charge in [0.05, 0.1) is 5.41 Å². The first kappa shape index (κ1) is 18.6. The Hall–Kier alpha value is -2.40. The summed E-state index contributed by atoms with van der Waals surface area (Å²) in [5.74, 6) is 3.20. The Morgan fingerprint density at radius 1 is 1.00 bits per heavy atom. The molecule has 0 amide bonds. The molecule has 0 fully saturated rings. The van der Waals surface area contributed by atoms with E-state index in [1.165, 1.54) is 16.8 Å². The van der Waals surface area contributed by atoms with Gasteiger partial charge in [-0.25, -0.2) is 0 Å². The van der Waals surface area contributed by atoms with E-state index in [2.05, 4.69) is 61.3 Å². The monoisotopic (exact) mass is 394 g/mol. The molecule has 29 heavy (non-hydrogen) atoms. The molecule has 0 aromatic heterocycles. The van der Waals surface area contributed by atoms with Crippen molar-refractivity contribution in [3.05, 3.63) is 47.5 Å². The van der Waals surface area contributed by atoms with Gasteiger partial charge in [-0.15, -0.1) is 0 Å². The Morgan fingerprint density at radius 3 is 2.62 bits per heavy atom. The molecule has 3 aliphatic heterocycles. The number of hydrogen-bond acceptors (Lipinski definition) is 5. The Labute approximate surface area is 173 Å². The highest BCUT2D eigenvalue weighted by Crippen LogP contribution is 2.54. The van der Waals surface area contributed by atoms with Crippen LogP contribution in [0.5, 0.6) is 17.2 Å². The summed E-state index contributed by atoms with van der Waals surface area (Å²) in [6, 6.07) is 13.5. The number of nitrogens with zero attached hydrogens (tertiary/aromatic N) is 1. The molecule has 5 rings (SSSR count). The van der Waals surface area contributed by atoms with E-state index in [9.17, 15) is 0 Å². The van der Waals surface area contributed by atoms with Crippen LogP contribution in [0.4, 0.5) is 5.69 Å². The average Bonchev–Trinajstić information content (AvgIpc) is 3.41. The molecule has 2 aromatic rings. The predicted molar refractivity (Wildman–Crippen MR) is 114 cm³/mol. The smallest absolute Gasteiger partial charge is 0.231 e. The molecular formula is C24H30N2O3. The summed E-state index contributed by atoms with van der Waals surface area (Å²) < 4.78 is 17.4. The summed E-state index contributed by atoms with van der Waals surface area (Å²) >= 11 is 0. The Bertz CT molecular complexity index is 913. The molecule has 2 unspecified atom stereocenters. The molecule has 154 valence electrons. The van der Waals surface area contributed by atoms with Gasteiger partial charge in [-0.2, -0.15) is 0 Å². The van der Waals surface area contributed by atoms with Crippen LogP contribution < -0.4 is 24.4 Å². The van der Waals surface area contributed by atoms with Crippen LogP contribution >= 0.6 is 0 Å². The van der Waals surface area contributed by atoms with Crippen molar-refractivity contribution >= 4 is 5.69 Å². The fraction of sp³-hybridized carbons (Fsp3) is 0.500. The third kappa shape index (κ3) is 3.03. The van der Waals surface area contributed by atoms with Crippen LogP contribution in [0, 0.1) is 5.92 Å². The van der Waals surface area contributed by atoms with Crippen molar-refractivity contribution in [3.8, 4) is 17.2 Å². The molecular weight excluding hydrogens is 364 g/mol. The second-order valence-electron chi connectivity index (χ2n) is 8.85. The fourth-order valence-electron chi connectivity index (χ4n) is 4.73. The van der Waals surface area contributed by atoms with Gasteiger partial charge < -0.3 is 24.4 Å². The molecule has 0 saturated heterocycles. The minimum absolute atomic E-state index is 0.133. The molecule has 5 nitrogen and oxygen atoms in total. The summed E-state index contributed by atoms with van der Waals surface area (Å²) in [7, 11) is 0. The summed E-state index contributed by atoms with van der Waals surface area (Å²) in [5.41, 5.74) is 3.79. The van der Waals surface area contributed by atoms with E-state index in [-0.39, 0.29) is 12.2 Å². The van der Waals surface area contributed by atoms with E-state index in [1.807, 2.05) is 6.07 Å². The minimum atomic E-state index is -0.133. The second-order valence-corrected chi connectivity index (χ2v) is 8.85. The number of ether oxygens (including phenoxy) is 3. The number of rotatable bonds is 6. The Balaban J connectivity index is 1.39. The largest absolute Gasteiger partial charge is 0.492 e.